The summed E-state index contributed by atoms with van der Waals surface area (Å²) in [5.74, 6) is 1.30. The van der Waals surface area contributed by atoms with Crippen molar-refractivity contribution in [2.24, 2.45) is 0 Å². The standard InChI is InChI=1S/C11H12O/c1-9(2)12-10(3)11-7-5-4-6-8-11/h4-8H,1,3H2,2H3. The van der Waals surface area contributed by atoms with Crippen LogP contribution in [-0.2, 0) is 4.74 Å². The molecule has 0 radical (unpaired) electrons. The largest absolute Gasteiger partial charge is 0.463 e. The summed E-state index contributed by atoms with van der Waals surface area (Å²) in [4.78, 5) is 0. The SMILES string of the molecule is C=C(C)OC(=C)c1ccccc1. The molecule has 1 aromatic carbocycles. The summed E-state index contributed by atoms with van der Waals surface area (Å²) in [7, 11) is 0. The number of hydrogen-bond donors (Lipinski definition) is 0. The van der Waals surface area contributed by atoms with Crippen molar-refractivity contribution < 1.29 is 4.74 Å². The van der Waals surface area contributed by atoms with Gasteiger partial charge in [0.1, 0.15) is 5.76 Å². The Morgan fingerprint density at radius 2 is 1.75 bits per heavy atom. The van der Waals surface area contributed by atoms with Crippen molar-refractivity contribution >= 4 is 5.76 Å². The summed E-state index contributed by atoms with van der Waals surface area (Å²) in [5.41, 5.74) is 0.987. The van der Waals surface area contributed by atoms with Gasteiger partial charge in [0.2, 0.25) is 0 Å². The highest BCUT2D eigenvalue weighted by atomic mass is 16.5. The second-order valence-corrected chi connectivity index (χ2v) is 2.59. The molecule has 0 aliphatic heterocycles. The van der Waals surface area contributed by atoms with Gasteiger partial charge >= 0.3 is 0 Å². The van der Waals surface area contributed by atoms with Gasteiger partial charge in [0, 0.05) is 5.56 Å². The first kappa shape index (κ1) is 8.60. The van der Waals surface area contributed by atoms with Crippen molar-refractivity contribution in [1.29, 1.82) is 0 Å². The lowest BCUT2D eigenvalue weighted by Crippen LogP contribution is -1.86. The molecule has 0 heterocycles. The van der Waals surface area contributed by atoms with Crippen LogP contribution in [-0.4, -0.2) is 0 Å². The number of rotatable bonds is 3. The zero-order chi connectivity index (χ0) is 8.97. The number of allylic oxidation sites excluding steroid dienone is 1. The van der Waals surface area contributed by atoms with Crippen molar-refractivity contribution in [3.8, 4) is 0 Å². The molecule has 0 fully saturated rings. The molecule has 0 atom stereocenters. The van der Waals surface area contributed by atoms with E-state index < -0.39 is 0 Å². The van der Waals surface area contributed by atoms with Crippen molar-refractivity contribution in [1.82, 2.24) is 0 Å². The Kier molecular flexibility index (Phi) is 2.70. The van der Waals surface area contributed by atoms with Crippen molar-refractivity contribution in [2.45, 2.75) is 6.92 Å². The van der Waals surface area contributed by atoms with Crippen LogP contribution in [0.4, 0.5) is 0 Å². The predicted octanol–water partition coefficient (Wildman–Crippen LogP) is 3.21. The van der Waals surface area contributed by atoms with E-state index >= 15 is 0 Å². The van der Waals surface area contributed by atoms with Gasteiger partial charge in [-0.05, 0) is 6.92 Å². The molecule has 0 aliphatic carbocycles. The molecule has 0 saturated heterocycles. The predicted molar refractivity (Wildman–Crippen MR) is 51.4 cm³/mol. The smallest absolute Gasteiger partial charge is 0.126 e. The monoisotopic (exact) mass is 160 g/mol. The van der Waals surface area contributed by atoms with E-state index in [1.165, 1.54) is 0 Å². The Labute approximate surface area is 73.0 Å². The lowest BCUT2D eigenvalue weighted by Gasteiger charge is -2.06. The van der Waals surface area contributed by atoms with E-state index in [1.54, 1.807) is 6.92 Å². The maximum absolute atomic E-state index is 5.25. The van der Waals surface area contributed by atoms with Gasteiger partial charge in [0.05, 0.1) is 5.76 Å². The molecule has 0 aromatic heterocycles. The lowest BCUT2D eigenvalue weighted by molar-refractivity contribution is 0.388. The summed E-state index contributed by atoms with van der Waals surface area (Å²) in [6.07, 6.45) is 0. The Balaban J connectivity index is 2.73. The van der Waals surface area contributed by atoms with Crippen LogP contribution in [0.25, 0.3) is 5.76 Å². The Bertz CT molecular complexity index is 285. The maximum Gasteiger partial charge on any atom is 0.126 e. The lowest BCUT2D eigenvalue weighted by atomic mass is 10.2. The van der Waals surface area contributed by atoms with Crippen LogP contribution in [0.5, 0.6) is 0 Å². The summed E-state index contributed by atoms with van der Waals surface area (Å²) in [5, 5.41) is 0. The van der Waals surface area contributed by atoms with Crippen LogP contribution in [0.3, 0.4) is 0 Å². The van der Waals surface area contributed by atoms with E-state index in [2.05, 4.69) is 13.2 Å². The molecule has 1 aromatic rings. The third kappa shape index (κ3) is 2.27. The van der Waals surface area contributed by atoms with E-state index in [-0.39, 0.29) is 0 Å². The zero-order valence-corrected chi connectivity index (χ0v) is 7.21. The van der Waals surface area contributed by atoms with Gasteiger partial charge in [-0.2, -0.15) is 0 Å². The van der Waals surface area contributed by atoms with Crippen LogP contribution in [0.2, 0.25) is 0 Å². The summed E-state index contributed by atoms with van der Waals surface area (Å²) in [6.45, 7) is 9.22. The fourth-order valence-electron chi connectivity index (χ4n) is 0.893. The highest BCUT2D eigenvalue weighted by molar-refractivity contribution is 5.57. The van der Waals surface area contributed by atoms with Gasteiger partial charge in [0.25, 0.3) is 0 Å². The molecule has 62 valence electrons. The molecule has 0 amide bonds. The minimum Gasteiger partial charge on any atom is -0.463 e. The molecule has 12 heavy (non-hydrogen) atoms. The fraction of sp³-hybridized carbons (Fsp3) is 0.0909. The van der Waals surface area contributed by atoms with E-state index in [9.17, 15) is 0 Å². The second-order valence-electron chi connectivity index (χ2n) is 2.59. The number of hydrogen-bond acceptors (Lipinski definition) is 1. The van der Waals surface area contributed by atoms with Crippen LogP contribution in [0.15, 0.2) is 49.2 Å². The fourth-order valence-corrected chi connectivity index (χ4v) is 0.893. The molecule has 0 aliphatic rings. The second kappa shape index (κ2) is 3.77. The maximum atomic E-state index is 5.25. The van der Waals surface area contributed by atoms with Gasteiger partial charge in [-0.3, -0.25) is 0 Å². The molecule has 0 saturated carbocycles. The average Bonchev–Trinajstić information content (AvgIpc) is 2.05. The van der Waals surface area contributed by atoms with Gasteiger partial charge in [-0.15, -0.1) is 0 Å². The number of ether oxygens (including phenoxy) is 1. The first-order chi connectivity index (χ1) is 5.70. The van der Waals surface area contributed by atoms with Gasteiger partial charge in [0.15, 0.2) is 0 Å². The third-order valence-electron chi connectivity index (χ3n) is 1.39. The highest BCUT2D eigenvalue weighted by Gasteiger charge is 1.97. The molecular formula is C11H12O. The molecule has 1 nitrogen and oxygen atoms in total. The van der Waals surface area contributed by atoms with Crippen molar-refractivity contribution in [2.75, 3.05) is 0 Å². The third-order valence-corrected chi connectivity index (χ3v) is 1.39. The van der Waals surface area contributed by atoms with E-state index in [4.69, 9.17) is 4.74 Å². The topological polar surface area (TPSA) is 9.23 Å². The Morgan fingerprint density at radius 3 is 2.25 bits per heavy atom. The van der Waals surface area contributed by atoms with Crippen molar-refractivity contribution in [3.63, 3.8) is 0 Å². The highest BCUT2D eigenvalue weighted by Crippen LogP contribution is 2.15. The van der Waals surface area contributed by atoms with Crippen molar-refractivity contribution in [3.05, 3.63) is 54.8 Å². The number of benzene rings is 1. The molecule has 1 rings (SSSR count). The van der Waals surface area contributed by atoms with E-state index in [0.29, 0.717) is 11.5 Å². The molecule has 0 unspecified atom stereocenters. The van der Waals surface area contributed by atoms with Gasteiger partial charge < -0.3 is 4.74 Å². The minimum atomic E-state index is 0.642. The summed E-state index contributed by atoms with van der Waals surface area (Å²) >= 11 is 0. The normalized spacial score (nSPS) is 9.08. The molecule has 0 bridgehead atoms. The van der Waals surface area contributed by atoms with Crippen LogP contribution in [0.1, 0.15) is 12.5 Å². The van der Waals surface area contributed by atoms with Crippen LogP contribution >= 0.6 is 0 Å². The van der Waals surface area contributed by atoms with E-state index in [0.717, 1.165) is 5.56 Å². The van der Waals surface area contributed by atoms with Crippen LogP contribution in [0, 0.1) is 0 Å². The first-order valence-corrected chi connectivity index (χ1v) is 3.78. The average molecular weight is 160 g/mol. The molecule has 0 spiro atoms. The summed E-state index contributed by atoms with van der Waals surface area (Å²) in [6, 6.07) is 9.75. The molecular weight excluding hydrogens is 148 g/mol. The molecule has 1 heteroatoms. The molecule has 0 N–H and O–H groups in total. The van der Waals surface area contributed by atoms with Gasteiger partial charge in [-0.1, -0.05) is 43.5 Å². The first-order valence-electron chi connectivity index (χ1n) is 3.78. The summed E-state index contributed by atoms with van der Waals surface area (Å²) < 4.78 is 5.25. The van der Waals surface area contributed by atoms with Crippen LogP contribution < -0.4 is 0 Å². The minimum absolute atomic E-state index is 0.642. The van der Waals surface area contributed by atoms with E-state index in [1.807, 2.05) is 30.3 Å². The zero-order valence-electron chi connectivity index (χ0n) is 7.21. The quantitative estimate of drug-likeness (QED) is 0.617. The van der Waals surface area contributed by atoms with Gasteiger partial charge in [-0.25, -0.2) is 0 Å². The Morgan fingerprint density at radius 1 is 1.17 bits per heavy atom. The Hall–Kier alpha value is -1.50.